The number of aromatic nitrogens is 1. The Balaban J connectivity index is 0.000000521. The predicted molar refractivity (Wildman–Crippen MR) is 186 cm³/mol. The van der Waals surface area contributed by atoms with Crippen LogP contribution in [0.25, 0.3) is 11.1 Å². The van der Waals surface area contributed by atoms with Crippen molar-refractivity contribution in [2.75, 3.05) is 20.1 Å². The number of halogens is 1. The van der Waals surface area contributed by atoms with Crippen LogP contribution in [0.15, 0.2) is 130 Å². The summed E-state index contributed by atoms with van der Waals surface area (Å²) in [5.74, 6) is 0.495. The Labute approximate surface area is 262 Å². The Morgan fingerprint density at radius 2 is 1.69 bits per heavy atom. The number of piperidine rings is 1. The lowest BCUT2D eigenvalue weighted by atomic mass is 9.87. The first-order valence-corrected chi connectivity index (χ1v) is 15.7. The SMILES string of the molecule is C=C(Cc1ccc(-c2ccccc2)cc1)N1CCCC(/C(C=C(C)C)=C/C(C)=C(\Br)C=NC)C1.CCc1cccnc1. The molecule has 42 heavy (non-hydrogen) atoms. The smallest absolute Gasteiger partial charge is 0.0382 e. The van der Waals surface area contributed by atoms with Crippen LogP contribution in [0, 0.1) is 5.92 Å². The number of aryl methyl sites for hydroxylation is 1. The van der Waals surface area contributed by atoms with Crippen LogP contribution in [-0.4, -0.2) is 36.2 Å². The van der Waals surface area contributed by atoms with Gasteiger partial charge in [-0.15, -0.1) is 0 Å². The van der Waals surface area contributed by atoms with Crippen molar-refractivity contribution < 1.29 is 0 Å². The number of allylic oxidation sites excluding steroid dienone is 6. The molecule has 1 aliphatic heterocycles. The summed E-state index contributed by atoms with van der Waals surface area (Å²) < 4.78 is 1.03. The average molecular weight is 625 g/mol. The van der Waals surface area contributed by atoms with Crippen LogP contribution in [0.1, 0.15) is 51.7 Å². The molecule has 4 rings (SSSR count). The highest BCUT2D eigenvalue weighted by molar-refractivity contribution is 9.12. The minimum absolute atomic E-state index is 0.495. The normalized spacial score (nSPS) is 15.9. The largest absolute Gasteiger partial charge is 0.374 e. The lowest BCUT2D eigenvalue weighted by molar-refractivity contribution is 0.237. The van der Waals surface area contributed by atoms with Gasteiger partial charge in [-0.3, -0.25) is 9.98 Å². The van der Waals surface area contributed by atoms with Crippen LogP contribution in [0.3, 0.4) is 0 Å². The number of pyridine rings is 1. The second-order valence-electron chi connectivity index (χ2n) is 11.1. The minimum Gasteiger partial charge on any atom is -0.374 e. The van der Waals surface area contributed by atoms with Crippen molar-refractivity contribution in [2.24, 2.45) is 10.9 Å². The number of likely N-dealkylation sites (tertiary alicyclic amines) is 1. The van der Waals surface area contributed by atoms with Crippen LogP contribution >= 0.6 is 15.9 Å². The van der Waals surface area contributed by atoms with Crippen molar-refractivity contribution in [3.05, 3.63) is 136 Å². The monoisotopic (exact) mass is 623 g/mol. The summed E-state index contributed by atoms with van der Waals surface area (Å²) in [4.78, 5) is 10.6. The molecule has 0 aliphatic carbocycles. The van der Waals surface area contributed by atoms with Gasteiger partial charge in [-0.1, -0.05) is 91.9 Å². The molecule has 0 amide bonds. The summed E-state index contributed by atoms with van der Waals surface area (Å²) in [7, 11) is 1.80. The van der Waals surface area contributed by atoms with Gasteiger partial charge in [0.25, 0.3) is 0 Å². The summed E-state index contributed by atoms with van der Waals surface area (Å²) >= 11 is 3.65. The summed E-state index contributed by atoms with van der Waals surface area (Å²) in [5, 5.41) is 0. The van der Waals surface area contributed by atoms with E-state index in [0.717, 1.165) is 30.4 Å². The second kappa shape index (κ2) is 17.5. The number of rotatable bonds is 9. The number of hydrogen-bond donors (Lipinski definition) is 0. The Bertz CT molecular complexity index is 1380. The van der Waals surface area contributed by atoms with Gasteiger partial charge in [0.05, 0.1) is 0 Å². The third-order valence-electron chi connectivity index (χ3n) is 7.40. The predicted octanol–water partition coefficient (Wildman–Crippen LogP) is 10.0. The third-order valence-corrected chi connectivity index (χ3v) is 8.23. The molecule has 3 aromatic rings. The molecule has 1 atom stereocenters. The van der Waals surface area contributed by atoms with Crippen LogP contribution in [0.5, 0.6) is 0 Å². The maximum atomic E-state index is 4.48. The molecule has 2 aromatic carbocycles. The molecule has 0 N–H and O–H groups in total. The van der Waals surface area contributed by atoms with E-state index in [0.29, 0.717) is 5.92 Å². The van der Waals surface area contributed by atoms with E-state index in [9.17, 15) is 0 Å². The summed E-state index contributed by atoms with van der Waals surface area (Å²) in [6, 6.07) is 23.5. The molecule has 1 unspecified atom stereocenters. The zero-order valence-electron chi connectivity index (χ0n) is 26.0. The van der Waals surface area contributed by atoms with Gasteiger partial charge in [-0.05, 0) is 95.4 Å². The average Bonchev–Trinajstić information content (AvgIpc) is 3.02. The molecule has 1 aliphatic rings. The van der Waals surface area contributed by atoms with Crippen molar-refractivity contribution in [1.29, 1.82) is 0 Å². The van der Waals surface area contributed by atoms with Gasteiger partial charge in [-0.25, -0.2) is 0 Å². The fourth-order valence-electron chi connectivity index (χ4n) is 5.08. The van der Waals surface area contributed by atoms with Crippen molar-refractivity contribution in [1.82, 2.24) is 9.88 Å². The van der Waals surface area contributed by atoms with E-state index in [-0.39, 0.29) is 0 Å². The molecule has 0 radical (unpaired) electrons. The molecule has 0 bridgehead atoms. The number of aliphatic imine (C=N–C) groups is 1. The fourth-order valence-corrected chi connectivity index (χ4v) is 5.40. The molecule has 1 saturated heterocycles. The number of benzene rings is 2. The Morgan fingerprint density at radius 1 is 0.976 bits per heavy atom. The number of hydrogen-bond acceptors (Lipinski definition) is 3. The van der Waals surface area contributed by atoms with E-state index in [4.69, 9.17) is 0 Å². The maximum Gasteiger partial charge on any atom is 0.0382 e. The van der Waals surface area contributed by atoms with Crippen molar-refractivity contribution in [3.63, 3.8) is 0 Å². The maximum absolute atomic E-state index is 4.48. The standard InChI is InChI=1S/C31H37BrN2.C7H9N/c1-23(2)18-30(19-24(3)31(32)21-33-5)29-12-9-17-34(22-29)25(4)20-26-13-15-28(16-14-26)27-10-7-6-8-11-27;1-2-7-4-3-5-8-6-7/h6-8,10-11,13-16,18-19,21,29H,4,9,12,17,20,22H2,1-3,5H3;3-6H,2H2,1H3/b30-19+,31-24-,33-21?;. The highest BCUT2D eigenvalue weighted by atomic mass is 79.9. The second-order valence-corrected chi connectivity index (χ2v) is 11.9. The third kappa shape index (κ3) is 10.7. The van der Waals surface area contributed by atoms with Crippen LogP contribution in [0.4, 0.5) is 0 Å². The van der Waals surface area contributed by atoms with E-state index in [2.05, 4.69) is 138 Å². The van der Waals surface area contributed by atoms with E-state index in [1.54, 1.807) is 13.2 Å². The van der Waals surface area contributed by atoms with E-state index in [1.165, 1.54) is 57.5 Å². The Kier molecular flexibility index (Phi) is 13.7. The fraction of sp³-hybridized carbons (Fsp3) is 0.316. The highest BCUT2D eigenvalue weighted by Gasteiger charge is 2.23. The van der Waals surface area contributed by atoms with Crippen molar-refractivity contribution >= 4 is 22.1 Å². The molecule has 220 valence electrons. The van der Waals surface area contributed by atoms with Gasteiger partial charge in [0.2, 0.25) is 0 Å². The molecule has 2 heterocycles. The first-order valence-electron chi connectivity index (χ1n) is 14.9. The lowest BCUT2D eigenvalue weighted by Crippen LogP contribution is -2.35. The molecule has 1 fully saturated rings. The highest BCUT2D eigenvalue weighted by Crippen LogP contribution is 2.30. The zero-order chi connectivity index (χ0) is 30.3. The number of nitrogens with zero attached hydrogens (tertiary/aromatic N) is 3. The van der Waals surface area contributed by atoms with Gasteiger partial charge in [-0.2, -0.15) is 0 Å². The molecular formula is C38H46BrN3. The van der Waals surface area contributed by atoms with Crippen LogP contribution in [-0.2, 0) is 12.8 Å². The van der Waals surface area contributed by atoms with Crippen molar-refractivity contribution in [2.45, 2.75) is 53.4 Å². The van der Waals surface area contributed by atoms with Gasteiger partial charge >= 0.3 is 0 Å². The molecule has 1 aromatic heterocycles. The van der Waals surface area contributed by atoms with Gasteiger partial charge in [0, 0.05) is 61.3 Å². The van der Waals surface area contributed by atoms with Crippen LogP contribution in [0.2, 0.25) is 0 Å². The summed E-state index contributed by atoms with van der Waals surface area (Å²) in [6.07, 6.45) is 14.6. The molecule has 0 spiro atoms. The van der Waals surface area contributed by atoms with Gasteiger partial charge in [0.1, 0.15) is 0 Å². The summed E-state index contributed by atoms with van der Waals surface area (Å²) in [6.45, 7) is 15.2. The molecular weight excluding hydrogens is 578 g/mol. The molecule has 3 nitrogen and oxygen atoms in total. The molecule has 4 heteroatoms. The first-order chi connectivity index (χ1) is 20.3. The Morgan fingerprint density at radius 3 is 2.29 bits per heavy atom. The molecule has 0 saturated carbocycles. The lowest BCUT2D eigenvalue weighted by Gasteiger charge is -2.36. The first kappa shape index (κ1) is 33.0. The quantitative estimate of drug-likeness (QED) is 0.175. The summed E-state index contributed by atoms with van der Waals surface area (Å²) in [5.41, 5.74) is 10.3. The van der Waals surface area contributed by atoms with E-state index >= 15 is 0 Å². The minimum atomic E-state index is 0.495. The zero-order valence-corrected chi connectivity index (χ0v) is 27.6. The van der Waals surface area contributed by atoms with E-state index < -0.39 is 0 Å². The van der Waals surface area contributed by atoms with E-state index in [1.807, 2.05) is 18.5 Å². The Hall–Kier alpha value is -3.50. The van der Waals surface area contributed by atoms with Gasteiger partial charge < -0.3 is 4.90 Å². The van der Waals surface area contributed by atoms with Crippen LogP contribution < -0.4 is 0 Å². The topological polar surface area (TPSA) is 28.5 Å². The van der Waals surface area contributed by atoms with Gasteiger partial charge in [0.15, 0.2) is 0 Å². The van der Waals surface area contributed by atoms with Crippen molar-refractivity contribution in [3.8, 4) is 11.1 Å².